The molecule has 3 aromatic rings. The highest BCUT2D eigenvalue weighted by atomic mass is 32.2. The van der Waals surface area contributed by atoms with Crippen LogP contribution in [0.25, 0.3) is 11.0 Å². The Hall–Kier alpha value is -3.21. The second kappa shape index (κ2) is 10.2. The minimum atomic E-state index is -0.488. The van der Waals surface area contributed by atoms with E-state index in [-0.39, 0.29) is 17.2 Å². The summed E-state index contributed by atoms with van der Waals surface area (Å²) in [6, 6.07) is 4.44. The molecule has 0 radical (unpaired) electrons. The molecule has 0 spiro atoms. The zero-order valence-corrected chi connectivity index (χ0v) is 18.5. The Morgan fingerprint density at radius 2 is 2.06 bits per heavy atom. The first kappa shape index (κ1) is 22.5. The van der Waals surface area contributed by atoms with Gasteiger partial charge in [-0.2, -0.15) is 5.10 Å². The number of rotatable bonds is 10. The fourth-order valence-electron chi connectivity index (χ4n) is 3.00. The van der Waals surface area contributed by atoms with Crippen LogP contribution in [0.1, 0.15) is 36.2 Å². The number of nitro groups is 1. The van der Waals surface area contributed by atoms with Gasteiger partial charge in [0.1, 0.15) is 5.82 Å². The summed E-state index contributed by atoms with van der Waals surface area (Å²) in [7, 11) is 0. The van der Waals surface area contributed by atoms with Crippen molar-refractivity contribution in [1.82, 2.24) is 25.1 Å². The second-order valence-corrected chi connectivity index (χ2v) is 8.07. The second-order valence-electron chi connectivity index (χ2n) is 6.83. The molecule has 0 saturated heterocycles. The molecule has 1 aromatic carbocycles. The number of fused-ring (bicyclic) bond motifs is 1. The molecule has 2 N–H and O–H groups in total. The first-order valence-electron chi connectivity index (χ1n) is 10.1. The van der Waals surface area contributed by atoms with Crippen LogP contribution in [0.15, 0.2) is 29.6 Å². The Labute approximate surface area is 184 Å². The van der Waals surface area contributed by atoms with Gasteiger partial charge in [-0.1, -0.05) is 31.7 Å². The summed E-state index contributed by atoms with van der Waals surface area (Å²) in [5.41, 5.74) is 1.38. The van der Waals surface area contributed by atoms with E-state index >= 15 is 0 Å². The molecular weight excluding hydrogens is 418 g/mol. The van der Waals surface area contributed by atoms with Crippen LogP contribution in [0.4, 0.5) is 11.5 Å². The summed E-state index contributed by atoms with van der Waals surface area (Å²) in [5.74, 6) is 1.23. The molecule has 0 aliphatic carbocycles. The predicted molar refractivity (Wildman–Crippen MR) is 121 cm³/mol. The number of nitrogens with one attached hydrogen (secondary N) is 2. The Kier molecular flexibility index (Phi) is 7.40. The fraction of sp³-hybridized carbons (Fsp3) is 0.400. The fourth-order valence-corrected chi connectivity index (χ4v) is 3.56. The first-order chi connectivity index (χ1) is 14.9. The van der Waals surface area contributed by atoms with Gasteiger partial charge in [-0.3, -0.25) is 14.9 Å². The zero-order valence-electron chi connectivity index (χ0n) is 17.7. The zero-order chi connectivity index (χ0) is 22.4. The van der Waals surface area contributed by atoms with E-state index in [0.29, 0.717) is 29.5 Å². The van der Waals surface area contributed by atoms with E-state index in [4.69, 9.17) is 0 Å². The van der Waals surface area contributed by atoms with Gasteiger partial charge in [0.05, 0.1) is 23.1 Å². The van der Waals surface area contributed by atoms with Crippen molar-refractivity contribution in [1.29, 1.82) is 0 Å². The molecule has 31 heavy (non-hydrogen) atoms. The average molecular weight is 444 g/mol. The minimum absolute atomic E-state index is 0.0736. The maximum atomic E-state index is 12.4. The summed E-state index contributed by atoms with van der Waals surface area (Å²) in [5, 5.41) is 23.1. The SMILES string of the molecule is CCCNc1nc(SCC)nc2c1cnn2CCNC(=O)c1ccc(C)c([N+](=O)[O-])c1. The van der Waals surface area contributed by atoms with Gasteiger partial charge < -0.3 is 10.6 Å². The van der Waals surface area contributed by atoms with Gasteiger partial charge in [0.25, 0.3) is 11.6 Å². The van der Waals surface area contributed by atoms with Crippen molar-refractivity contribution in [2.75, 3.05) is 24.2 Å². The molecule has 0 aliphatic heterocycles. The van der Waals surface area contributed by atoms with Crippen LogP contribution >= 0.6 is 11.8 Å². The molecule has 0 atom stereocenters. The summed E-state index contributed by atoms with van der Waals surface area (Å²) < 4.78 is 1.73. The largest absolute Gasteiger partial charge is 0.369 e. The van der Waals surface area contributed by atoms with E-state index in [1.54, 1.807) is 41.7 Å². The quantitative estimate of drug-likeness (QED) is 0.211. The van der Waals surface area contributed by atoms with Crippen LogP contribution in [-0.2, 0) is 6.54 Å². The Bertz CT molecular complexity index is 1100. The highest BCUT2D eigenvalue weighted by Gasteiger charge is 2.16. The van der Waals surface area contributed by atoms with Gasteiger partial charge in [-0.15, -0.1) is 0 Å². The number of carbonyl (C=O) groups excluding carboxylic acids is 1. The summed E-state index contributed by atoms with van der Waals surface area (Å²) in [6.45, 7) is 7.27. The number of amides is 1. The van der Waals surface area contributed by atoms with Gasteiger partial charge in [0.15, 0.2) is 10.8 Å². The third kappa shape index (κ3) is 5.29. The molecule has 2 aromatic heterocycles. The highest BCUT2D eigenvalue weighted by molar-refractivity contribution is 7.99. The number of hydrogen-bond acceptors (Lipinski definition) is 8. The number of hydrogen-bond donors (Lipinski definition) is 2. The van der Waals surface area contributed by atoms with E-state index in [1.165, 1.54) is 6.07 Å². The number of benzene rings is 1. The van der Waals surface area contributed by atoms with E-state index in [0.717, 1.165) is 29.9 Å². The van der Waals surface area contributed by atoms with Crippen LogP contribution in [-0.4, -0.2) is 49.4 Å². The molecule has 0 bridgehead atoms. The number of aryl methyl sites for hydroxylation is 1. The molecule has 11 heteroatoms. The van der Waals surface area contributed by atoms with Crippen LogP contribution in [0.2, 0.25) is 0 Å². The van der Waals surface area contributed by atoms with E-state index in [2.05, 4.69) is 32.6 Å². The van der Waals surface area contributed by atoms with Crippen molar-refractivity contribution in [2.24, 2.45) is 0 Å². The van der Waals surface area contributed by atoms with Gasteiger partial charge in [0, 0.05) is 30.3 Å². The predicted octanol–water partition coefficient (Wildman–Crippen LogP) is 3.41. The lowest BCUT2D eigenvalue weighted by molar-refractivity contribution is -0.385. The van der Waals surface area contributed by atoms with Crippen LogP contribution in [0.3, 0.4) is 0 Å². The molecular formula is C20H25N7O3S. The van der Waals surface area contributed by atoms with Crippen LogP contribution < -0.4 is 10.6 Å². The van der Waals surface area contributed by atoms with Crippen LogP contribution in [0, 0.1) is 17.0 Å². The third-order valence-corrected chi connectivity index (χ3v) is 5.30. The third-order valence-electron chi connectivity index (χ3n) is 4.57. The van der Waals surface area contributed by atoms with Crippen molar-refractivity contribution >= 4 is 40.2 Å². The normalized spacial score (nSPS) is 10.9. The van der Waals surface area contributed by atoms with Crippen molar-refractivity contribution < 1.29 is 9.72 Å². The summed E-state index contributed by atoms with van der Waals surface area (Å²) >= 11 is 1.55. The molecule has 0 aliphatic rings. The molecule has 3 rings (SSSR count). The van der Waals surface area contributed by atoms with E-state index < -0.39 is 4.92 Å². The lowest BCUT2D eigenvalue weighted by Crippen LogP contribution is -2.27. The molecule has 2 heterocycles. The first-order valence-corrected chi connectivity index (χ1v) is 11.1. The van der Waals surface area contributed by atoms with E-state index in [1.807, 2.05) is 6.92 Å². The molecule has 0 unspecified atom stereocenters. The van der Waals surface area contributed by atoms with Crippen molar-refractivity contribution in [3.05, 3.63) is 45.6 Å². The molecule has 1 amide bonds. The number of nitro benzene ring substituents is 1. The van der Waals surface area contributed by atoms with E-state index in [9.17, 15) is 14.9 Å². The van der Waals surface area contributed by atoms with Gasteiger partial charge in [0.2, 0.25) is 0 Å². The lowest BCUT2D eigenvalue weighted by atomic mass is 10.1. The van der Waals surface area contributed by atoms with Crippen LogP contribution in [0.5, 0.6) is 0 Å². The smallest absolute Gasteiger partial charge is 0.273 e. The Morgan fingerprint density at radius 3 is 2.77 bits per heavy atom. The standard InChI is InChI=1S/C20H25N7O3S/c1-4-8-21-17-15-12-23-26(18(15)25-20(24-17)31-5-2)10-9-22-19(28)14-7-6-13(3)16(11-14)27(29)30/h6-7,11-12H,4-5,8-10H2,1-3H3,(H,22,28)(H,21,24,25). The Morgan fingerprint density at radius 1 is 1.26 bits per heavy atom. The minimum Gasteiger partial charge on any atom is -0.369 e. The maximum Gasteiger partial charge on any atom is 0.273 e. The number of nitrogens with zero attached hydrogens (tertiary/aromatic N) is 5. The summed E-state index contributed by atoms with van der Waals surface area (Å²) in [4.78, 5) is 32.2. The monoisotopic (exact) mass is 443 g/mol. The van der Waals surface area contributed by atoms with Gasteiger partial charge >= 0.3 is 0 Å². The number of thioether (sulfide) groups is 1. The van der Waals surface area contributed by atoms with Crippen molar-refractivity contribution in [2.45, 2.75) is 38.9 Å². The topological polar surface area (TPSA) is 128 Å². The van der Waals surface area contributed by atoms with Crippen molar-refractivity contribution in [3.63, 3.8) is 0 Å². The molecule has 0 saturated carbocycles. The number of aromatic nitrogens is 4. The van der Waals surface area contributed by atoms with Gasteiger partial charge in [-0.05, 0) is 25.2 Å². The number of carbonyl (C=O) groups is 1. The molecule has 164 valence electrons. The number of anilines is 1. The average Bonchev–Trinajstić information content (AvgIpc) is 3.15. The summed E-state index contributed by atoms with van der Waals surface area (Å²) in [6.07, 6.45) is 2.69. The maximum absolute atomic E-state index is 12.4. The van der Waals surface area contributed by atoms with Crippen molar-refractivity contribution in [3.8, 4) is 0 Å². The Balaban J connectivity index is 1.73. The van der Waals surface area contributed by atoms with Gasteiger partial charge in [-0.25, -0.2) is 14.6 Å². The molecule has 10 nitrogen and oxygen atoms in total. The lowest BCUT2D eigenvalue weighted by Gasteiger charge is -2.09. The molecule has 0 fully saturated rings. The highest BCUT2D eigenvalue weighted by Crippen LogP contribution is 2.24.